The molecule has 0 aliphatic carbocycles. The topological polar surface area (TPSA) is 140 Å². The zero-order chi connectivity index (χ0) is 37.2. The number of allylic oxidation sites excluding steroid dienone is 2. The molecule has 53 heavy (non-hydrogen) atoms. The minimum atomic E-state index is -0.362. The third-order valence-corrected chi connectivity index (χ3v) is 9.73. The van der Waals surface area contributed by atoms with Crippen molar-refractivity contribution in [2.75, 3.05) is 26.3 Å². The molecular formula is C38H46N12O3. The fourth-order valence-corrected chi connectivity index (χ4v) is 7.14. The predicted molar refractivity (Wildman–Crippen MR) is 200 cm³/mol. The van der Waals surface area contributed by atoms with E-state index >= 15 is 0 Å². The molecule has 15 nitrogen and oxygen atoms in total. The van der Waals surface area contributed by atoms with E-state index in [4.69, 9.17) is 9.73 Å². The van der Waals surface area contributed by atoms with Gasteiger partial charge in [0.05, 0.1) is 52.9 Å². The number of rotatable bonds is 10. The molecule has 0 bridgehead atoms. The van der Waals surface area contributed by atoms with Crippen molar-refractivity contribution in [3.8, 4) is 0 Å². The minimum absolute atomic E-state index is 0.347. The smallest absolute Gasteiger partial charge is 0.298 e. The van der Waals surface area contributed by atoms with Gasteiger partial charge in [-0.1, -0.05) is 24.3 Å². The van der Waals surface area contributed by atoms with E-state index in [1.807, 2.05) is 67.6 Å². The molecule has 1 fully saturated rings. The summed E-state index contributed by atoms with van der Waals surface area (Å²) in [4.78, 5) is 43.4. The lowest BCUT2D eigenvalue weighted by Crippen LogP contribution is -2.35. The molecule has 7 rings (SSSR count). The van der Waals surface area contributed by atoms with E-state index in [0.29, 0.717) is 62.0 Å². The van der Waals surface area contributed by atoms with Gasteiger partial charge in [-0.2, -0.15) is 20.2 Å². The molecule has 0 saturated carbocycles. The Hall–Kier alpha value is -5.67. The van der Waals surface area contributed by atoms with E-state index in [1.54, 1.807) is 33.9 Å². The van der Waals surface area contributed by atoms with Crippen LogP contribution in [-0.4, -0.2) is 85.8 Å². The molecule has 6 aromatic rings. The van der Waals surface area contributed by atoms with Crippen LogP contribution in [0.15, 0.2) is 70.9 Å². The maximum atomic E-state index is 13.8. The Balaban J connectivity index is 1.29. The van der Waals surface area contributed by atoms with Crippen LogP contribution in [0.5, 0.6) is 0 Å². The van der Waals surface area contributed by atoms with Gasteiger partial charge >= 0.3 is 0 Å². The quantitative estimate of drug-likeness (QED) is 0.198. The SMILES string of the molecule is CCn1nc(C)cc1C(=O)/N=c1\n(C)c2ccncc2n1C/C=C/Cn1/c(=N/C(=O)c2cc(C)nn2CC)n(C)c2cccc(CN3CCOCC3)c21. The van der Waals surface area contributed by atoms with Crippen molar-refractivity contribution >= 4 is 33.9 Å². The molecule has 15 heteroatoms. The van der Waals surface area contributed by atoms with Gasteiger partial charge in [0.2, 0.25) is 11.2 Å². The van der Waals surface area contributed by atoms with Crippen molar-refractivity contribution < 1.29 is 14.3 Å². The van der Waals surface area contributed by atoms with Crippen LogP contribution in [-0.2, 0) is 51.6 Å². The molecule has 0 spiro atoms. The highest BCUT2D eigenvalue weighted by molar-refractivity contribution is 5.94. The second kappa shape index (κ2) is 15.1. The summed E-state index contributed by atoms with van der Waals surface area (Å²) in [7, 11) is 3.85. The number of aryl methyl sites for hydroxylation is 6. The normalized spacial score (nSPS) is 14.8. The lowest BCUT2D eigenvalue weighted by Gasteiger charge is -2.27. The molecule has 0 N–H and O–H groups in total. The Bertz CT molecular complexity index is 2490. The summed E-state index contributed by atoms with van der Waals surface area (Å²) < 4.78 is 17.0. The van der Waals surface area contributed by atoms with Crippen LogP contribution < -0.4 is 11.2 Å². The van der Waals surface area contributed by atoms with Crippen LogP contribution in [0.2, 0.25) is 0 Å². The second-order valence-electron chi connectivity index (χ2n) is 13.3. The molecule has 276 valence electrons. The lowest BCUT2D eigenvalue weighted by molar-refractivity contribution is 0.0343. The molecule has 1 aromatic carbocycles. The number of fused-ring (bicyclic) bond motifs is 2. The predicted octanol–water partition coefficient (Wildman–Crippen LogP) is 3.29. The fraction of sp³-hybridized carbons (Fsp3) is 0.395. The van der Waals surface area contributed by atoms with Gasteiger partial charge in [0.1, 0.15) is 11.4 Å². The maximum Gasteiger partial charge on any atom is 0.298 e. The molecule has 0 atom stereocenters. The standard InChI is InChI=1S/C38H46N12O3/c1-7-49-31(22-26(3)42-49)35(51)40-37-44(5)29-14-15-39-24-33(29)47(37)16-9-10-17-48-34-28(25-46-18-20-53-21-19-46)12-11-13-30(34)45(6)38(48)41-36(52)32-23-27(4)43-50(32)8-2/h9-15,22-24H,7-8,16-21,25H2,1-6H3/b10-9+,40-37+,41-38+. The highest BCUT2D eigenvalue weighted by Gasteiger charge is 2.20. The molecular weight excluding hydrogens is 672 g/mol. The van der Waals surface area contributed by atoms with E-state index < -0.39 is 0 Å². The Kier molecular flexibility index (Phi) is 10.2. The summed E-state index contributed by atoms with van der Waals surface area (Å²) in [6.45, 7) is 13.5. The number of imidazole rings is 2. The van der Waals surface area contributed by atoms with Crippen molar-refractivity contribution in [2.45, 2.75) is 60.4 Å². The van der Waals surface area contributed by atoms with Gasteiger partial charge in [-0.3, -0.25) is 28.8 Å². The summed E-state index contributed by atoms with van der Waals surface area (Å²) in [6.07, 6.45) is 7.64. The van der Waals surface area contributed by atoms with Gasteiger partial charge in [0.25, 0.3) is 11.8 Å². The number of hydrogen-bond donors (Lipinski definition) is 0. The first-order valence-corrected chi connectivity index (χ1v) is 18.1. The number of ether oxygens (including phenoxy) is 1. The fourth-order valence-electron chi connectivity index (χ4n) is 7.14. The number of amides is 2. The van der Waals surface area contributed by atoms with E-state index in [2.05, 4.69) is 53.9 Å². The zero-order valence-electron chi connectivity index (χ0n) is 31.2. The van der Waals surface area contributed by atoms with E-state index in [0.717, 1.165) is 58.7 Å². The number of carbonyl (C=O) groups is 2. The highest BCUT2D eigenvalue weighted by atomic mass is 16.5. The van der Waals surface area contributed by atoms with Gasteiger partial charge in [-0.15, -0.1) is 0 Å². The Morgan fingerprint density at radius 3 is 2.00 bits per heavy atom. The van der Waals surface area contributed by atoms with Crippen molar-refractivity contribution in [3.05, 3.63) is 101 Å². The van der Waals surface area contributed by atoms with Gasteiger partial charge in [-0.25, -0.2) is 0 Å². The molecule has 0 radical (unpaired) electrons. The molecule has 2 amide bonds. The van der Waals surface area contributed by atoms with E-state index in [1.165, 1.54) is 0 Å². The van der Waals surface area contributed by atoms with Crippen molar-refractivity contribution in [1.82, 2.24) is 47.7 Å². The molecule has 5 aromatic heterocycles. The minimum Gasteiger partial charge on any atom is -0.379 e. The summed E-state index contributed by atoms with van der Waals surface area (Å²) in [5.74, 6) is -0.709. The third kappa shape index (κ3) is 6.97. The first-order valence-electron chi connectivity index (χ1n) is 18.1. The van der Waals surface area contributed by atoms with Gasteiger partial charge in [0.15, 0.2) is 0 Å². The van der Waals surface area contributed by atoms with Gasteiger partial charge < -0.3 is 23.0 Å². The first kappa shape index (κ1) is 35.7. The Morgan fingerprint density at radius 1 is 0.792 bits per heavy atom. The van der Waals surface area contributed by atoms with Crippen molar-refractivity contribution in [2.24, 2.45) is 24.1 Å². The van der Waals surface area contributed by atoms with Crippen molar-refractivity contribution in [3.63, 3.8) is 0 Å². The van der Waals surface area contributed by atoms with Crippen LogP contribution in [0, 0.1) is 13.8 Å². The molecule has 6 heterocycles. The van der Waals surface area contributed by atoms with Crippen molar-refractivity contribution in [1.29, 1.82) is 0 Å². The molecule has 1 aliphatic rings. The second-order valence-corrected chi connectivity index (χ2v) is 13.3. The zero-order valence-corrected chi connectivity index (χ0v) is 31.2. The monoisotopic (exact) mass is 718 g/mol. The number of para-hydroxylation sites is 1. The first-order chi connectivity index (χ1) is 25.7. The maximum absolute atomic E-state index is 13.8. The summed E-state index contributed by atoms with van der Waals surface area (Å²) >= 11 is 0. The number of aromatic nitrogens is 9. The lowest BCUT2D eigenvalue weighted by atomic mass is 10.1. The Labute approximate surface area is 306 Å². The average molecular weight is 719 g/mol. The number of hydrogen-bond acceptors (Lipinski definition) is 7. The highest BCUT2D eigenvalue weighted by Crippen LogP contribution is 2.21. The molecule has 0 unspecified atom stereocenters. The van der Waals surface area contributed by atoms with Crippen LogP contribution in [0.25, 0.3) is 22.1 Å². The number of benzene rings is 1. The number of pyridine rings is 1. The summed E-state index contributed by atoms with van der Waals surface area (Å²) in [5.41, 5.74) is 8.36. The van der Waals surface area contributed by atoms with E-state index in [9.17, 15) is 9.59 Å². The molecule has 1 aliphatic heterocycles. The van der Waals surface area contributed by atoms with E-state index in [-0.39, 0.29) is 11.8 Å². The van der Waals surface area contributed by atoms with Gasteiger partial charge in [0, 0.05) is 66.1 Å². The third-order valence-electron chi connectivity index (χ3n) is 9.73. The van der Waals surface area contributed by atoms with Gasteiger partial charge in [-0.05, 0) is 57.5 Å². The van der Waals surface area contributed by atoms with Crippen LogP contribution >= 0.6 is 0 Å². The Morgan fingerprint density at radius 2 is 1.38 bits per heavy atom. The summed E-state index contributed by atoms with van der Waals surface area (Å²) in [5, 5.41) is 8.92. The van der Waals surface area contributed by atoms with Crippen LogP contribution in [0.1, 0.15) is 51.8 Å². The average Bonchev–Trinajstić information content (AvgIpc) is 3.89. The van der Waals surface area contributed by atoms with Crippen LogP contribution in [0.3, 0.4) is 0 Å². The summed E-state index contributed by atoms with van der Waals surface area (Å²) in [6, 6.07) is 11.7. The number of morpholine rings is 1. The molecule has 1 saturated heterocycles. The van der Waals surface area contributed by atoms with Crippen LogP contribution in [0.4, 0.5) is 0 Å². The largest absolute Gasteiger partial charge is 0.379 e. The number of nitrogens with zero attached hydrogens (tertiary/aromatic N) is 12. The number of carbonyl (C=O) groups excluding carboxylic acids is 2.